The van der Waals surface area contributed by atoms with Crippen molar-refractivity contribution in [3.05, 3.63) is 0 Å². The van der Waals surface area contributed by atoms with Gasteiger partial charge >= 0.3 is 0 Å². The van der Waals surface area contributed by atoms with Crippen LogP contribution in [0.4, 0.5) is 0 Å². The minimum absolute atomic E-state index is 0.0695. The van der Waals surface area contributed by atoms with Gasteiger partial charge in [-0.1, -0.05) is 6.42 Å². The third-order valence-corrected chi connectivity index (χ3v) is 5.01. The Hall–Kier alpha value is -0.650. The van der Waals surface area contributed by atoms with Crippen LogP contribution in [-0.4, -0.2) is 73.2 Å². The summed E-state index contributed by atoms with van der Waals surface area (Å²) in [5.74, 6) is 0.238. The predicted octanol–water partition coefficient (Wildman–Crippen LogP) is 0.450. The lowest BCUT2D eigenvalue weighted by Crippen LogP contribution is -2.54. The molecule has 3 aliphatic heterocycles. The van der Waals surface area contributed by atoms with Gasteiger partial charge in [0.15, 0.2) is 0 Å². The van der Waals surface area contributed by atoms with Crippen molar-refractivity contribution in [2.75, 3.05) is 39.4 Å². The Morgan fingerprint density at radius 3 is 2.75 bits per heavy atom. The van der Waals surface area contributed by atoms with E-state index in [1.165, 1.54) is 38.8 Å². The van der Waals surface area contributed by atoms with Crippen LogP contribution in [0.15, 0.2) is 0 Å². The molecule has 0 aromatic carbocycles. The number of ether oxygens (including phenoxy) is 1. The Morgan fingerprint density at radius 1 is 1.15 bits per heavy atom. The van der Waals surface area contributed by atoms with E-state index >= 15 is 0 Å². The van der Waals surface area contributed by atoms with Crippen molar-refractivity contribution in [1.82, 2.24) is 15.1 Å². The molecule has 0 radical (unpaired) electrons. The zero-order valence-electron chi connectivity index (χ0n) is 12.5. The Bertz CT molecular complexity index is 344. The average Bonchev–Trinajstić information content (AvgIpc) is 2.91. The number of amides is 1. The Balaban J connectivity index is 1.52. The molecular weight excluding hydrogens is 254 g/mol. The van der Waals surface area contributed by atoms with Gasteiger partial charge in [-0.2, -0.15) is 0 Å². The smallest absolute Gasteiger partial charge is 0.239 e. The van der Waals surface area contributed by atoms with Crippen LogP contribution < -0.4 is 5.32 Å². The summed E-state index contributed by atoms with van der Waals surface area (Å²) in [6, 6.07) is 1.08. The molecule has 0 saturated carbocycles. The van der Waals surface area contributed by atoms with Crippen LogP contribution in [0.25, 0.3) is 0 Å². The SMILES string of the molecule is CC(NC1CCN2CCCCC12)C(=O)N1CCOCC1. The summed E-state index contributed by atoms with van der Waals surface area (Å²) in [4.78, 5) is 17.0. The number of morpholine rings is 1. The Morgan fingerprint density at radius 2 is 1.95 bits per heavy atom. The van der Waals surface area contributed by atoms with Crippen LogP contribution in [0.1, 0.15) is 32.6 Å². The maximum Gasteiger partial charge on any atom is 0.239 e. The fraction of sp³-hybridized carbons (Fsp3) is 0.933. The summed E-state index contributed by atoms with van der Waals surface area (Å²) in [6.45, 7) is 7.30. The standard InChI is InChI=1S/C15H27N3O2/c1-12(15(19)18-8-10-20-11-9-18)16-13-5-7-17-6-3-2-4-14(13)17/h12-14,16H,2-11H2,1H3. The number of nitrogens with zero attached hydrogens (tertiary/aromatic N) is 2. The second kappa shape index (κ2) is 6.41. The van der Waals surface area contributed by atoms with Gasteiger partial charge in [0.25, 0.3) is 0 Å². The maximum absolute atomic E-state index is 12.4. The summed E-state index contributed by atoms with van der Waals surface area (Å²) >= 11 is 0. The van der Waals surface area contributed by atoms with E-state index in [2.05, 4.69) is 10.2 Å². The molecule has 1 amide bonds. The molecule has 3 unspecified atom stereocenters. The van der Waals surface area contributed by atoms with Crippen molar-refractivity contribution in [3.8, 4) is 0 Å². The highest BCUT2D eigenvalue weighted by Crippen LogP contribution is 2.27. The van der Waals surface area contributed by atoms with Gasteiger partial charge in [-0.05, 0) is 32.7 Å². The van der Waals surface area contributed by atoms with Crippen LogP contribution in [0.3, 0.4) is 0 Å². The molecule has 0 spiro atoms. The first-order valence-electron chi connectivity index (χ1n) is 8.12. The van der Waals surface area contributed by atoms with E-state index in [0.717, 1.165) is 13.1 Å². The van der Waals surface area contributed by atoms with E-state index in [4.69, 9.17) is 4.74 Å². The van der Waals surface area contributed by atoms with Crippen molar-refractivity contribution in [2.24, 2.45) is 0 Å². The first kappa shape index (κ1) is 14.3. The van der Waals surface area contributed by atoms with Crippen LogP contribution in [0, 0.1) is 0 Å². The number of hydrogen-bond acceptors (Lipinski definition) is 4. The third-order valence-electron chi connectivity index (χ3n) is 5.01. The van der Waals surface area contributed by atoms with E-state index in [9.17, 15) is 4.79 Å². The molecule has 5 heteroatoms. The molecule has 1 N–H and O–H groups in total. The molecule has 3 atom stereocenters. The van der Waals surface area contributed by atoms with Crippen LogP contribution in [0.2, 0.25) is 0 Å². The second-order valence-corrected chi connectivity index (χ2v) is 6.32. The topological polar surface area (TPSA) is 44.8 Å². The summed E-state index contributed by atoms with van der Waals surface area (Å²) < 4.78 is 5.31. The monoisotopic (exact) mass is 281 g/mol. The largest absolute Gasteiger partial charge is 0.378 e. The van der Waals surface area contributed by atoms with E-state index < -0.39 is 0 Å². The highest BCUT2D eigenvalue weighted by atomic mass is 16.5. The molecule has 3 fully saturated rings. The minimum Gasteiger partial charge on any atom is -0.378 e. The van der Waals surface area contributed by atoms with Crippen molar-refractivity contribution < 1.29 is 9.53 Å². The fourth-order valence-corrected chi connectivity index (χ4v) is 3.89. The van der Waals surface area contributed by atoms with Crippen molar-refractivity contribution >= 4 is 5.91 Å². The number of piperidine rings is 1. The lowest BCUT2D eigenvalue weighted by Gasteiger charge is -2.35. The molecular formula is C15H27N3O2. The number of carbonyl (C=O) groups is 1. The molecule has 20 heavy (non-hydrogen) atoms. The molecule has 0 aromatic heterocycles. The molecule has 3 rings (SSSR count). The predicted molar refractivity (Wildman–Crippen MR) is 77.6 cm³/mol. The summed E-state index contributed by atoms with van der Waals surface area (Å²) in [7, 11) is 0. The van der Waals surface area contributed by atoms with E-state index in [-0.39, 0.29) is 11.9 Å². The number of rotatable bonds is 3. The van der Waals surface area contributed by atoms with Gasteiger partial charge in [0.1, 0.15) is 0 Å². The van der Waals surface area contributed by atoms with Gasteiger partial charge in [-0.3, -0.25) is 9.69 Å². The fourth-order valence-electron chi connectivity index (χ4n) is 3.89. The highest BCUT2D eigenvalue weighted by molar-refractivity contribution is 5.81. The van der Waals surface area contributed by atoms with Gasteiger partial charge < -0.3 is 15.0 Å². The second-order valence-electron chi connectivity index (χ2n) is 6.32. The lowest BCUT2D eigenvalue weighted by atomic mass is 9.98. The molecule has 3 heterocycles. The average molecular weight is 281 g/mol. The summed E-state index contributed by atoms with van der Waals surface area (Å²) in [6.07, 6.45) is 5.15. The zero-order chi connectivity index (χ0) is 13.9. The maximum atomic E-state index is 12.4. The van der Waals surface area contributed by atoms with E-state index in [1.54, 1.807) is 0 Å². The Labute approximate surface area is 121 Å². The third kappa shape index (κ3) is 3.00. The van der Waals surface area contributed by atoms with Gasteiger partial charge in [0.05, 0.1) is 19.3 Å². The number of hydrogen-bond donors (Lipinski definition) is 1. The number of nitrogens with one attached hydrogen (secondary N) is 1. The quantitative estimate of drug-likeness (QED) is 0.816. The summed E-state index contributed by atoms with van der Waals surface area (Å²) in [5.41, 5.74) is 0. The normalized spacial score (nSPS) is 33.0. The highest BCUT2D eigenvalue weighted by Gasteiger charge is 2.37. The molecule has 0 aliphatic carbocycles. The molecule has 0 aromatic rings. The number of fused-ring (bicyclic) bond motifs is 1. The lowest BCUT2D eigenvalue weighted by molar-refractivity contribution is -0.137. The van der Waals surface area contributed by atoms with Crippen molar-refractivity contribution in [2.45, 2.75) is 50.7 Å². The van der Waals surface area contributed by atoms with Crippen molar-refractivity contribution in [3.63, 3.8) is 0 Å². The van der Waals surface area contributed by atoms with Crippen molar-refractivity contribution in [1.29, 1.82) is 0 Å². The Kier molecular flexibility index (Phi) is 4.58. The van der Waals surface area contributed by atoms with Gasteiger partial charge in [0.2, 0.25) is 5.91 Å². The minimum atomic E-state index is -0.0695. The van der Waals surface area contributed by atoms with E-state index in [0.29, 0.717) is 25.3 Å². The van der Waals surface area contributed by atoms with Crippen LogP contribution in [0.5, 0.6) is 0 Å². The molecule has 0 bridgehead atoms. The van der Waals surface area contributed by atoms with Crippen LogP contribution in [-0.2, 0) is 9.53 Å². The zero-order valence-corrected chi connectivity index (χ0v) is 12.5. The molecule has 3 aliphatic rings. The van der Waals surface area contributed by atoms with E-state index in [1.807, 2.05) is 11.8 Å². The van der Waals surface area contributed by atoms with Gasteiger partial charge in [0, 0.05) is 31.7 Å². The first-order chi connectivity index (χ1) is 9.75. The molecule has 114 valence electrons. The molecule has 5 nitrogen and oxygen atoms in total. The van der Waals surface area contributed by atoms with Gasteiger partial charge in [-0.15, -0.1) is 0 Å². The number of carbonyl (C=O) groups excluding carboxylic acids is 1. The van der Waals surface area contributed by atoms with Crippen LogP contribution >= 0.6 is 0 Å². The summed E-state index contributed by atoms with van der Waals surface area (Å²) in [5, 5.41) is 3.60. The first-order valence-corrected chi connectivity index (χ1v) is 8.12. The van der Waals surface area contributed by atoms with Gasteiger partial charge in [-0.25, -0.2) is 0 Å². The molecule has 3 saturated heterocycles.